The van der Waals surface area contributed by atoms with Crippen LogP contribution in [0.1, 0.15) is 11.3 Å². The fourth-order valence-electron chi connectivity index (χ4n) is 2.96. The van der Waals surface area contributed by atoms with Crippen molar-refractivity contribution in [3.05, 3.63) is 65.6 Å². The summed E-state index contributed by atoms with van der Waals surface area (Å²) in [5, 5.41) is 5.64. The fraction of sp³-hybridized carbons (Fsp3) is 0.100. The number of amides is 1. The number of para-hydroxylation sites is 1. The standard InChI is InChI=1S/C20H15FN2O2S/c1-12-9-15-13(2)22-25-18(15)10-14(12)19-7-8-20(26-19)23(11-24)17-6-4-3-5-16(17)21/h3-11H,1-2H3. The predicted molar refractivity (Wildman–Crippen MR) is 101 cm³/mol. The number of thiophene rings is 1. The zero-order valence-corrected chi connectivity index (χ0v) is 15.0. The average molecular weight is 366 g/mol. The molecule has 0 radical (unpaired) electrons. The van der Waals surface area contributed by atoms with Crippen LogP contribution in [0.15, 0.2) is 53.1 Å². The van der Waals surface area contributed by atoms with E-state index in [2.05, 4.69) is 5.16 Å². The Morgan fingerprint density at radius 2 is 1.96 bits per heavy atom. The van der Waals surface area contributed by atoms with Crippen molar-refractivity contribution < 1.29 is 13.7 Å². The topological polar surface area (TPSA) is 46.3 Å². The molecule has 0 bridgehead atoms. The smallest absolute Gasteiger partial charge is 0.219 e. The number of carbonyl (C=O) groups is 1. The van der Waals surface area contributed by atoms with Crippen LogP contribution >= 0.6 is 11.3 Å². The minimum Gasteiger partial charge on any atom is -0.356 e. The molecule has 2 heterocycles. The molecular formula is C20H15FN2O2S. The van der Waals surface area contributed by atoms with Gasteiger partial charge in [0.1, 0.15) is 10.8 Å². The van der Waals surface area contributed by atoms with E-state index in [1.807, 2.05) is 38.1 Å². The maximum atomic E-state index is 14.1. The van der Waals surface area contributed by atoms with Crippen LogP contribution in [0.25, 0.3) is 21.4 Å². The van der Waals surface area contributed by atoms with E-state index in [1.54, 1.807) is 18.2 Å². The maximum Gasteiger partial charge on any atom is 0.219 e. The summed E-state index contributed by atoms with van der Waals surface area (Å²) in [6.07, 6.45) is 0.629. The normalized spacial score (nSPS) is 11.0. The number of nitrogens with zero attached hydrogens (tertiary/aromatic N) is 2. The minimum absolute atomic E-state index is 0.230. The summed E-state index contributed by atoms with van der Waals surface area (Å²) in [4.78, 5) is 13.9. The van der Waals surface area contributed by atoms with Crippen LogP contribution in [0.5, 0.6) is 0 Å². The van der Waals surface area contributed by atoms with E-state index < -0.39 is 5.82 Å². The number of hydrogen-bond donors (Lipinski definition) is 0. The van der Waals surface area contributed by atoms with E-state index in [9.17, 15) is 9.18 Å². The maximum absolute atomic E-state index is 14.1. The second-order valence-corrected chi connectivity index (χ2v) is 7.06. The largest absolute Gasteiger partial charge is 0.356 e. The lowest BCUT2D eigenvalue weighted by Gasteiger charge is -2.15. The Morgan fingerprint density at radius 1 is 1.15 bits per heavy atom. The van der Waals surface area contributed by atoms with Gasteiger partial charge in [-0.15, -0.1) is 11.3 Å². The van der Waals surface area contributed by atoms with Gasteiger partial charge in [-0.25, -0.2) is 4.39 Å². The van der Waals surface area contributed by atoms with E-state index in [4.69, 9.17) is 4.52 Å². The highest BCUT2D eigenvalue weighted by molar-refractivity contribution is 7.19. The van der Waals surface area contributed by atoms with Crippen LogP contribution in [0.4, 0.5) is 15.1 Å². The minimum atomic E-state index is -0.440. The van der Waals surface area contributed by atoms with Gasteiger partial charge in [0.2, 0.25) is 6.41 Å². The van der Waals surface area contributed by atoms with Gasteiger partial charge in [-0.3, -0.25) is 9.69 Å². The van der Waals surface area contributed by atoms with E-state index in [1.165, 1.54) is 22.3 Å². The number of halogens is 1. The molecule has 0 N–H and O–H groups in total. The number of carbonyl (C=O) groups excluding carboxylic acids is 1. The Kier molecular flexibility index (Phi) is 4.05. The quantitative estimate of drug-likeness (QED) is 0.441. The number of benzene rings is 2. The van der Waals surface area contributed by atoms with Crippen LogP contribution in [-0.2, 0) is 4.79 Å². The number of hydrogen-bond acceptors (Lipinski definition) is 4. The molecule has 0 aliphatic rings. The number of fused-ring (bicyclic) bond motifs is 1. The van der Waals surface area contributed by atoms with Crippen LogP contribution in [0.3, 0.4) is 0 Å². The molecule has 6 heteroatoms. The van der Waals surface area contributed by atoms with Gasteiger partial charge >= 0.3 is 0 Å². The molecule has 2 aromatic carbocycles. The Labute approximate surface area is 153 Å². The predicted octanol–water partition coefficient (Wildman–Crippen LogP) is 5.61. The van der Waals surface area contributed by atoms with Crippen LogP contribution in [-0.4, -0.2) is 11.6 Å². The van der Waals surface area contributed by atoms with Crippen molar-refractivity contribution in [3.8, 4) is 10.4 Å². The molecule has 0 unspecified atom stereocenters. The number of rotatable bonds is 4. The summed E-state index contributed by atoms with van der Waals surface area (Å²) in [5.41, 5.74) is 3.89. The number of aryl methyl sites for hydroxylation is 2. The van der Waals surface area contributed by atoms with Crippen molar-refractivity contribution in [2.45, 2.75) is 13.8 Å². The van der Waals surface area contributed by atoms with Crippen LogP contribution in [0.2, 0.25) is 0 Å². The third kappa shape index (κ3) is 2.68. The molecule has 0 spiro atoms. The van der Waals surface area contributed by atoms with E-state index in [0.29, 0.717) is 11.4 Å². The van der Waals surface area contributed by atoms with Gasteiger partial charge in [0.05, 0.1) is 11.4 Å². The summed E-state index contributed by atoms with van der Waals surface area (Å²) in [6.45, 7) is 3.93. The molecule has 0 saturated heterocycles. The molecule has 4 nitrogen and oxygen atoms in total. The Hall–Kier alpha value is -2.99. The Morgan fingerprint density at radius 3 is 2.73 bits per heavy atom. The number of anilines is 2. The summed E-state index contributed by atoms with van der Waals surface area (Å²) in [6, 6.07) is 14.0. The monoisotopic (exact) mass is 366 g/mol. The first kappa shape index (κ1) is 16.5. The highest BCUT2D eigenvalue weighted by Gasteiger charge is 2.17. The van der Waals surface area contributed by atoms with Crippen molar-refractivity contribution in [3.63, 3.8) is 0 Å². The lowest BCUT2D eigenvalue weighted by molar-refractivity contribution is -0.106. The van der Waals surface area contributed by atoms with Gasteiger partial charge < -0.3 is 4.52 Å². The summed E-state index contributed by atoms with van der Waals surface area (Å²) >= 11 is 1.42. The van der Waals surface area contributed by atoms with Gasteiger partial charge in [0.15, 0.2) is 5.58 Å². The van der Waals surface area contributed by atoms with Gasteiger partial charge in [-0.05, 0) is 61.4 Å². The average Bonchev–Trinajstić information content (AvgIpc) is 3.24. The molecule has 0 aliphatic heterocycles. The Bertz CT molecular complexity index is 1120. The van der Waals surface area contributed by atoms with Crippen molar-refractivity contribution >= 4 is 39.4 Å². The molecule has 130 valence electrons. The highest BCUT2D eigenvalue weighted by atomic mass is 32.1. The molecule has 1 amide bonds. The Balaban J connectivity index is 1.77. The molecule has 0 atom stereocenters. The van der Waals surface area contributed by atoms with Gasteiger partial charge in [-0.1, -0.05) is 17.3 Å². The zero-order valence-electron chi connectivity index (χ0n) is 14.2. The van der Waals surface area contributed by atoms with Crippen molar-refractivity contribution in [2.75, 3.05) is 4.90 Å². The van der Waals surface area contributed by atoms with Crippen molar-refractivity contribution in [2.24, 2.45) is 0 Å². The zero-order chi connectivity index (χ0) is 18.3. The third-order valence-corrected chi connectivity index (χ3v) is 5.43. The first-order valence-corrected chi connectivity index (χ1v) is 8.86. The number of aromatic nitrogens is 1. The van der Waals surface area contributed by atoms with E-state index in [0.717, 1.165) is 32.7 Å². The van der Waals surface area contributed by atoms with Crippen molar-refractivity contribution in [1.29, 1.82) is 0 Å². The molecule has 4 rings (SSSR count). The third-order valence-electron chi connectivity index (χ3n) is 4.31. The summed E-state index contributed by atoms with van der Waals surface area (Å²) < 4.78 is 19.4. The second kappa shape index (κ2) is 6.38. The molecule has 0 fully saturated rings. The molecular weight excluding hydrogens is 351 g/mol. The van der Waals surface area contributed by atoms with Gasteiger partial charge in [0, 0.05) is 10.3 Å². The fourth-order valence-corrected chi connectivity index (χ4v) is 4.02. The van der Waals surface area contributed by atoms with Crippen LogP contribution < -0.4 is 4.90 Å². The van der Waals surface area contributed by atoms with Gasteiger partial charge in [-0.2, -0.15) is 0 Å². The van der Waals surface area contributed by atoms with Gasteiger partial charge in [0.25, 0.3) is 0 Å². The summed E-state index contributed by atoms with van der Waals surface area (Å²) in [5.74, 6) is -0.440. The first-order chi connectivity index (χ1) is 12.6. The van der Waals surface area contributed by atoms with Crippen molar-refractivity contribution in [1.82, 2.24) is 5.16 Å². The van der Waals surface area contributed by atoms with E-state index >= 15 is 0 Å². The molecule has 0 saturated carbocycles. The molecule has 26 heavy (non-hydrogen) atoms. The first-order valence-electron chi connectivity index (χ1n) is 8.04. The summed E-state index contributed by atoms with van der Waals surface area (Å²) in [7, 11) is 0. The molecule has 4 aromatic rings. The van der Waals surface area contributed by atoms with E-state index in [-0.39, 0.29) is 5.69 Å². The highest BCUT2D eigenvalue weighted by Crippen LogP contribution is 2.39. The lowest BCUT2D eigenvalue weighted by atomic mass is 10.0. The second-order valence-electron chi connectivity index (χ2n) is 6.00. The van der Waals surface area contributed by atoms with Crippen LogP contribution in [0, 0.1) is 19.7 Å². The lowest BCUT2D eigenvalue weighted by Crippen LogP contribution is -2.13. The molecule has 0 aliphatic carbocycles. The molecule has 2 aromatic heterocycles. The SMILES string of the molecule is Cc1cc2c(C)noc2cc1-c1ccc(N(C=O)c2ccccc2F)s1.